The number of para-hydroxylation sites is 3. The molecule has 274 valence electrons. The van der Waals surface area contributed by atoms with Crippen LogP contribution >= 0.6 is 0 Å². The molecule has 0 saturated carbocycles. The number of aromatic nitrogens is 5. The first-order valence-corrected chi connectivity index (χ1v) is 19.1. The fraction of sp³-hybridized carbons (Fsp3) is 0. The third-order valence-corrected chi connectivity index (χ3v) is 10.9. The van der Waals surface area contributed by atoms with E-state index in [9.17, 15) is 8.78 Å². The van der Waals surface area contributed by atoms with E-state index < -0.39 is 11.6 Å². The average Bonchev–Trinajstić information content (AvgIpc) is 3.79. The lowest BCUT2D eigenvalue weighted by Gasteiger charge is -2.17. The summed E-state index contributed by atoms with van der Waals surface area (Å²) in [5, 5.41) is 4.47. The number of hydrogen-bond acceptors (Lipinski definition) is 3. The molecule has 3 heterocycles. The predicted octanol–water partition coefficient (Wildman–Crippen LogP) is 13.0. The molecule has 0 atom stereocenters. The minimum absolute atomic E-state index is 0.419. The first kappa shape index (κ1) is 33.6. The summed E-state index contributed by atoms with van der Waals surface area (Å²) in [6, 6.07) is 61.0. The maximum Gasteiger partial charge on any atom is 0.166 e. The number of nitrogens with zero attached hydrogens (tertiary/aromatic N) is 5. The molecule has 0 aliphatic rings. The molecule has 0 spiro atoms. The monoisotopic (exact) mass is 751 g/mol. The standard InChI is InChI=1S/C51H31F2N5/c52-36-27-35(28-37(53)30-36)34-23-25-43(51-55-49(32-13-3-1-4-14-32)54-50(56-51)33-15-5-2-6-16-33)47(29-34)58-46-22-12-9-19-41(46)42-26-24-38(31-48(42)58)57-44-20-10-7-17-39(44)40-18-8-11-21-45(40)57/h1-31H. The van der Waals surface area contributed by atoms with Crippen LogP contribution in [-0.2, 0) is 0 Å². The zero-order chi connectivity index (χ0) is 38.7. The van der Waals surface area contributed by atoms with Crippen molar-refractivity contribution in [3.05, 3.63) is 200 Å². The highest BCUT2D eigenvalue weighted by Gasteiger charge is 2.22. The molecule has 0 unspecified atom stereocenters. The topological polar surface area (TPSA) is 48.5 Å². The van der Waals surface area contributed by atoms with Gasteiger partial charge in [0, 0.05) is 50.0 Å². The first-order chi connectivity index (χ1) is 28.6. The molecule has 58 heavy (non-hydrogen) atoms. The molecule has 5 nitrogen and oxygen atoms in total. The lowest BCUT2D eigenvalue weighted by Crippen LogP contribution is -2.04. The maximum atomic E-state index is 14.8. The summed E-state index contributed by atoms with van der Waals surface area (Å²) in [5.41, 5.74) is 9.35. The predicted molar refractivity (Wildman–Crippen MR) is 230 cm³/mol. The molecule has 7 heteroatoms. The number of hydrogen-bond donors (Lipinski definition) is 0. The van der Waals surface area contributed by atoms with Crippen molar-refractivity contribution >= 4 is 43.6 Å². The molecule has 11 aromatic rings. The van der Waals surface area contributed by atoms with Gasteiger partial charge in [0.1, 0.15) is 11.6 Å². The van der Waals surface area contributed by atoms with Gasteiger partial charge in [-0.25, -0.2) is 23.7 Å². The van der Waals surface area contributed by atoms with Crippen LogP contribution in [0.5, 0.6) is 0 Å². The van der Waals surface area contributed by atoms with Gasteiger partial charge in [-0.1, -0.05) is 127 Å². The van der Waals surface area contributed by atoms with E-state index in [1.165, 1.54) is 22.9 Å². The SMILES string of the molecule is Fc1cc(F)cc(-c2ccc(-c3nc(-c4ccccc4)nc(-c4ccccc4)n3)c(-n3c4ccccc4c4ccc(-n5c6ccccc6c6ccccc65)cc43)c2)c1. The smallest absolute Gasteiger partial charge is 0.166 e. The molecular weight excluding hydrogens is 721 g/mol. The Morgan fingerprint density at radius 2 is 0.810 bits per heavy atom. The van der Waals surface area contributed by atoms with Crippen LogP contribution in [0.4, 0.5) is 8.78 Å². The largest absolute Gasteiger partial charge is 0.309 e. The van der Waals surface area contributed by atoms with Crippen molar-refractivity contribution in [1.82, 2.24) is 24.1 Å². The van der Waals surface area contributed by atoms with E-state index in [0.29, 0.717) is 28.6 Å². The van der Waals surface area contributed by atoms with Gasteiger partial charge < -0.3 is 9.13 Å². The second-order valence-electron chi connectivity index (χ2n) is 14.4. The van der Waals surface area contributed by atoms with Crippen LogP contribution in [0.1, 0.15) is 0 Å². The summed E-state index contributed by atoms with van der Waals surface area (Å²) in [7, 11) is 0. The molecule has 0 radical (unpaired) electrons. The highest BCUT2D eigenvalue weighted by molar-refractivity contribution is 6.12. The molecule has 0 fully saturated rings. The Balaban J connectivity index is 1.23. The van der Waals surface area contributed by atoms with E-state index in [-0.39, 0.29) is 0 Å². The number of fused-ring (bicyclic) bond motifs is 6. The van der Waals surface area contributed by atoms with Gasteiger partial charge in [0.05, 0.1) is 27.8 Å². The Kier molecular flexibility index (Phi) is 7.79. The highest BCUT2D eigenvalue weighted by atomic mass is 19.1. The van der Waals surface area contributed by atoms with E-state index in [1.807, 2.05) is 91.0 Å². The van der Waals surface area contributed by atoms with Crippen LogP contribution < -0.4 is 0 Å². The Bertz CT molecular complexity index is 3240. The van der Waals surface area contributed by atoms with Crippen molar-refractivity contribution in [3.8, 4) is 56.7 Å². The van der Waals surface area contributed by atoms with Gasteiger partial charge in [0.2, 0.25) is 0 Å². The van der Waals surface area contributed by atoms with Gasteiger partial charge in [0.15, 0.2) is 17.5 Å². The first-order valence-electron chi connectivity index (χ1n) is 19.1. The van der Waals surface area contributed by atoms with Crippen molar-refractivity contribution in [2.24, 2.45) is 0 Å². The van der Waals surface area contributed by atoms with Crippen LogP contribution in [-0.4, -0.2) is 24.1 Å². The van der Waals surface area contributed by atoms with Gasteiger partial charge in [-0.15, -0.1) is 0 Å². The third kappa shape index (κ3) is 5.55. The zero-order valence-electron chi connectivity index (χ0n) is 30.9. The second kappa shape index (κ2) is 13.5. The lowest BCUT2D eigenvalue weighted by molar-refractivity contribution is 0.584. The highest BCUT2D eigenvalue weighted by Crippen LogP contribution is 2.40. The van der Waals surface area contributed by atoms with Crippen LogP contribution in [0.2, 0.25) is 0 Å². The van der Waals surface area contributed by atoms with Crippen molar-refractivity contribution < 1.29 is 8.78 Å². The Hall–Kier alpha value is -7.77. The summed E-state index contributed by atoms with van der Waals surface area (Å²) >= 11 is 0. The van der Waals surface area contributed by atoms with E-state index in [4.69, 9.17) is 15.0 Å². The van der Waals surface area contributed by atoms with E-state index in [1.54, 1.807) is 0 Å². The molecule has 0 bridgehead atoms. The van der Waals surface area contributed by atoms with E-state index in [2.05, 4.69) is 88.0 Å². The van der Waals surface area contributed by atoms with Crippen LogP contribution in [0.3, 0.4) is 0 Å². The minimum Gasteiger partial charge on any atom is -0.309 e. The summed E-state index contributed by atoms with van der Waals surface area (Å²) in [6.07, 6.45) is 0. The Morgan fingerprint density at radius 1 is 0.328 bits per heavy atom. The maximum absolute atomic E-state index is 14.8. The van der Waals surface area contributed by atoms with E-state index in [0.717, 1.165) is 67.0 Å². The normalized spacial score (nSPS) is 11.6. The Morgan fingerprint density at radius 3 is 1.38 bits per heavy atom. The van der Waals surface area contributed by atoms with Crippen LogP contribution in [0.15, 0.2) is 188 Å². The molecule has 0 amide bonds. The number of halogens is 2. The van der Waals surface area contributed by atoms with E-state index >= 15 is 0 Å². The summed E-state index contributed by atoms with van der Waals surface area (Å²) in [4.78, 5) is 15.2. The van der Waals surface area contributed by atoms with Crippen LogP contribution in [0, 0.1) is 11.6 Å². The molecule has 11 rings (SSSR count). The minimum atomic E-state index is -0.647. The molecule has 0 aliphatic carbocycles. The summed E-state index contributed by atoms with van der Waals surface area (Å²) in [6.45, 7) is 0. The van der Waals surface area contributed by atoms with Gasteiger partial charge in [-0.05, 0) is 65.7 Å². The van der Waals surface area contributed by atoms with Crippen molar-refractivity contribution in [1.29, 1.82) is 0 Å². The van der Waals surface area contributed by atoms with Gasteiger partial charge in [-0.3, -0.25) is 0 Å². The lowest BCUT2D eigenvalue weighted by atomic mass is 10.0. The van der Waals surface area contributed by atoms with Crippen molar-refractivity contribution in [3.63, 3.8) is 0 Å². The summed E-state index contributed by atoms with van der Waals surface area (Å²) in [5.74, 6) is 0.228. The molecule has 3 aromatic heterocycles. The quantitative estimate of drug-likeness (QED) is 0.170. The van der Waals surface area contributed by atoms with Crippen LogP contribution in [0.25, 0.3) is 100 Å². The average molecular weight is 752 g/mol. The molecule has 0 aliphatic heterocycles. The number of rotatable bonds is 6. The molecular formula is C51H31F2N5. The van der Waals surface area contributed by atoms with Gasteiger partial charge in [-0.2, -0.15) is 0 Å². The molecule has 8 aromatic carbocycles. The molecule has 0 saturated heterocycles. The summed E-state index contributed by atoms with van der Waals surface area (Å²) < 4.78 is 34.1. The number of benzene rings is 8. The van der Waals surface area contributed by atoms with Gasteiger partial charge in [0.25, 0.3) is 0 Å². The fourth-order valence-corrected chi connectivity index (χ4v) is 8.29. The zero-order valence-corrected chi connectivity index (χ0v) is 30.9. The van der Waals surface area contributed by atoms with Crippen molar-refractivity contribution in [2.45, 2.75) is 0 Å². The third-order valence-electron chi connectivity index (χ3n) is 10.9. The fourth-order valence-electron chi connectivity index (χ4n) is 8.29. The van der Waals surface area contributed by atoms with Crippen molar-refractivity contribution in [2.75, 3.05) is 0 Å². The second-order valence-corrected chi connectivity index (χ2v) is 14.4. The molecule has 0 N–H and O–H groups in total. The van der Waals surface area contributed by atoms with Gasteiger partial charge >= 0.3 is 0 Å². The Labute approximate surface area is 331 Å².